The SMILES string of the molecule is N#Cc1cn(CC(=O)Nc2ccccc2)c2ncccc12. The molecule has 0 spiro atoms. The van der Waals surface area contributed by atoms with Gasteiger partial charge in [0.2, 0.25) is 5.91 Å². The fraction of sp³-hybridized carbons (Fsp3) is 0.0625. The second-order valence-corrected chi connectivity index (χ2v) is 4.57. The first-order chi connectivity index (χ1) is 10.3. The van der Waals surface area contributed by atoms with Crippen molar-refractivity contribution in [3.63, 3.8) is 0 Å². The van der Waals surface area contributed by atoms with Gasteiger partial charge in [0, 0.05) is 23.5 Å². The smallest absolute Gasteiger partial charge is 0.244 e. The van der Waals surface area contributed by atoms with Gasteiger partial charge in [-0.15, -0.1) is 0 Å². The zero-order valence-electron chi connectivity index (χ0n) is 11.2. The van der Waals surface area contributed by atoms with Crippen molar-refractivity contribution in [3.8, 4) is 6.07 Å². The minimum atomic E-state index is -0.159. The van der Waals surface area contributed by atoms with E-state index in [0.29, 0.717) is 11.2 Å². The van der Waals surface area contributed by atoms with Gasteiger partial charge in [0.1, 0.15) is 18.3 Å². The van der Waals surface area contributed by atoms with E-state index < -0.39 is 0 Å². The number of nitrogens with zero attached hydrogens (tertiary/aromatic N) is 3. The van der Waals surface area contributed by atoms with E-state index >= 15 is 0 Å². The van der Waals surface area contributed by atoms with Crippen molar-refractivity contribution in [3.05, 3.63) is 60.4 Å². The van der Waals surface area contributed by atoms with Gasteiger partial charge in [-0.1, -0.05) is 18.2 Å². The Balaban J connectivity index is 1.85. The molecule has 0 saturated heterocycles. The summed E-state index contributed by atoms with van der Waals surface area (Å²) in [6.45, 7) is 0.115. The van der Waals surface area contributed by atoms with Crippen LogP contribution in [-0.4, -0.2) is 15.5 Å². The molecule has 0 saturated carbocycles. The molecule has 3 aromatic rings. The van der Waals surface area contributed by atoms with Gasteiger partial charge in [-0.3, -0.25) is 4.79 Å². The summed E-state index contributed by atoms with van der Waals surface area (Å²) in [7, 11) is 0. The van der Waals surface area contributed by atoms with E-state index in [9.17, 15) is 4.79 Å². The van der Waals surface area contributed by atoms with E-state index in [-0.39, 0.29) is 12.5 Å². The molecule has 0 atom stereocenters. The number of amides is 1. The number of hydrogen-bond donors (Lipinski definition) is 1. The van der Waals surface area contributed by atoms with E-state index in [1.54, 1.807) is 23.0 Å². The summed E-state index contributed by atoms with van der Waals surface area (Å²) in [4.78, 5) is 16.3. The van der Waals surface area contributed by atoms with Crippen LogP contribution >= 0.6 is 0 Å². The molecule has 0 aliphatic heterocycles. The molecule has 0 bridgehead atoms. The third-order valence-electron chi connectivity index (χ3n) is 3.13. The van der Waals surface area contributed by atoms with Gasteiger partial charge in [-0.05, 0) is 24.3 Å². The molecule has 0 unspecified atom stereocenters. The van der Waals surface area contributed by atoms with Crippen LogP contribution in [0.3, 0.4) is 0 Å². The Morgan fingerprint density at radius 1 is 1.24 bits per heavy atom. The highest BCUT2D eigenvalue weighted by atomic mass is 16.1. The Hall–Kier alpha value is -3.13. The Bertz CT molecular complexity index is 830. The lowest BCUT2D eigenvalue weighted by Gasteiger charge is -2.06. The van der Waals surface area contributed by atoms with Crippen LogP contribution < -0.4 is 5.32 Å². The number of rotatable bonds is 3. The first-order valence-corrected chi connectivity index (χ1v) is 6.47. The number of fused-ring (bicyclic) bond motifs is 1. The zero-order valence-corrected chi connectivity index (χ0v) is 11.2. The molecule has 1 amide bonds. The van der Waals surface area contributed by atoms with Gasteiger partial charge >= 0.3 is 0 Å². The van der Waals surface area contributed by atoms with Crippen LogP contribution in [0, 0.1) is 11.3 Å². The molecule has 3 rings (SSSR count). The highest BCUT2D eigenvalue weighted by molar-refractivity contribution is 5.92. The van der Waals surface area contributed by atoms with Crippen molar-refractivity contribution in [2.24, 2.45) is 0 Å². The first-order valence-electron chi connectivity index (χ1n) is 6.47. The monoisotopic (exact) mass is 276 g/mol. The van der Waals surface area contributed by atoms with Gasteiger partial charge in [0.15, 0.2) is 0 Å². The molecule has 0 radical (unpaired) electrons. The molecule has 102 valence electrons. The number of anilines is 1. The Morgan fingerprint density at radius 2 is 2.05 bits per heavy atom. The van der Waals surface area contributed by atoms with Crippen LogP contribution in [0.5, 0.6) is 0 Å². The quantitative estimate of drug-likeness (QED) is 0.799. The molecule has 5 heteroatoms. The van der Waals surface area contributed by atoms with Gasteiger partial charge in [-0.25, -0.2) is 4.98 Å². The Labute approximate surface area is 121 Å². The number of nitrogens with one attached hydrogen (secondary N) is 1. The molecular formula is C16H12N4O. The van der Waals surface area contributed by atoms with Crippen molar-refractivity contribution in [2.45, 2.75) is 6.54 Å². The summed E-state index contributed by atoms with van der Waals surface area (Å²) in [5, 5.41) is 12.7. The molecule has 1 aromatic carbocycles. The van der Waals surface area contributed by atoms with E-state index in [2.05, 4.69) is 16.4 Å². The second kappa shape index (κ2) is 5.47. The molecule has 0 aliphatic carbocycles. The highest BCUT2D eigenvalue weighted by Gasteiger charge is 2.11. The van der Waals surface area contributed by atoms with Crippen molar-refractivity contribution < 1.29 is 4.79 Å². The Morgan fingerprint density at radius 3 is 2.81 bits per heavy atom. The molecular weight excluding hydrogens is 264 g/mol. The maximum absolute atomic E-state index is 12.1. The van der Waals surface area contributed by atoms with Crippen LogP contribution in [0.25, 0.3) is 11.0 Å². The molecule has 1 N–H and O–H groups in total. The maximum Gasteiger partial charge on any atom is 0.244 e. The van der Waals surface area contributed by atoms with Crippen LogP contribution in [-0.2, 0) is 11.3 Å². The first kappa shape index (κ1) is 12.9. The van der Waals surface area contributed by atoms with Crippen LogP contribution in [0.4, 0.5) is 5.69 Å². The standard InChI is InChI=1S/C16H12N4O/c17-9-12-10-20(16-14(12)7-4-8-18-16)11-15(21)19-13-5-2-1-3-6-13/h1-8,10H,11H2,(H,19,21). The lowest BCUT2D eigenvalue weighted by atomic mass is 10.2. The van der Waals surface area contributed by atoms with Crippen LogP contribution in [0.1, 0.15) is 5.56 Å². The topological polar surface area (TPSA) is 70.7 Å². The van der Waals surface area contributed by atoms with E-state index in [1.807, 2.05) is 36.4 Å². The fourth-order valence-corrected chi connectivity index (χ4v) is 2.21. The van der Waals surface area contributed by atoms with Crippen LogP contribution in [0.2, 0.25) is 0 Å². The molecule has 0 aliphatic rings. The summed E-state index contributed by atoms with van der Waals surface area (Å²) in [6, 6.07) is 15.0. The molecule has 0 fully saturated rings. The minimum absolute atomic E-state index is 0.115. The number of aromatic nitrogens is 2. The van der Waals surface area contributed by atoms with Crippen LogP contribution in [0.15, 0.2) is 54.9 Å². The highest BCUT2D eigenvalue weighted by Crippen LogP contribution is 2.18. The predicted molar refractivity (Wildman–Crippen MR) is 79.5 cm³/mol. The van der Waals surface area contributed by atoms with Crippen molar-refractivity contribution in [1.29, 1.82) is 5.26 Å². The van der Waals surface area contributed by atoms with E-state index in [0.717, 1.165) is 11.1 Å². The zero-order chi connectivity index (χ0) is 14.7. The van der Waals surface area contributed by atoms with E-state index in [1.165, 1.54) is 0 Å². The molecule has 21 heavy (non-hydrogen) atoms. The summed E-state index contributed by atoms with van der Waals surface area (Å²) >= 11 is 0. The maximum atomic E-state index is 12.1. The van der Waals surface area contributed by atoms with Gasteiger partial charge < -0.3 is 9.88 Å². The van der Waals surface area contributed by atoms with Crippen molar-refractivity contribution in [2.75, 3.05) is 5.32 Å². The summed E-state index contributed by atoms with van der Waals surface area (Å²) in [6.07, 6.45) is 3.30. The lowest BCUT2D eigenvalue weighted by molar-refractivity contribution is -0.116. The largest absolute Gasteiger partial charge is 0.325 e. The number of para-hydroxylation sites is 1. The predicted octanol–water partition coefficient (Wildman–Crippen LogP) is 2.55. The van der Waals surface area contributed by atoms with E-state index in [4.69, 9.17) is 5.26 Å². The summed E-state index contributed by atoms with van der Waals surface area (Å²) < 4.78 is 1.69. The number of carbonyl (C=O) groups excluding carboxylic acids is 1. The molecule has 5 nitrogen and oxygen atoms in total. The van der Waals surface area contributed by atoms with Crippen molar-refractivity contribution in [1.82, 2.24) is 9.55 Å². The lowest BCUT2D eigenvalue weighted by Crippen LogP contribution is -2.18. The number of carbonyl (C=O) groups is 1. The molecule has 2 aromatic heterocycles. The second-order valence-electron chi connectivity index (χ2n) is 4.57. The fourth-order valence-electron chi connectivity index (χ4n) is 2.21. The van der Waals surface area contributed by atoms with Gasteiger partial charge in [-0.2, -0.15) is 5.26 Å². The number of nitriles is 1. The van der Waals surface area contributed by atoms with Gasteiger partial charge in [0.25, 0.3) is 0 Å². The number of benzene rings is 1. The average Bonchev–Trinajstić information content (AvgIpc) is 2.86. The Kier molecular flexibility index (Phi) is 3.36. The third kappa shape index (κ3) is 2.60. The minimum Gasteiger partial charge on any atom is -0.325 e. The third-order valence-corrected chi connectivity index (χ3v) is 3.13. The number of pyridine rings is 1. The van der Waals surface area contributed by atoms with Crippen molar-refractivity contribution >= 4 is 22.6 Å². The summed E-state index contributed by atoms with van der Waals surface area (Å²) in [5.41, 5.74) is 1.90. The van der Waals surface area contributed by atoms with Gasteiger partial charge in [0.05, 0.1) is 5.56 Å². The number of hydrogen-bond acceptors (Lipinski definition) is 3. The normalized spacial score (nSPS) is 10.2. The molecule has 2 heterocycles. The summed E-state index contributed by atoms with van der Waals surface area (Å²) in [5.74, 6) is -0.159. The average molecular weight is 276 g/mol.